The summed E-state index contributed by atoms with van der Waals surface area (Å²) in [4.78, 5) is 23.1. The van der Waals surface area contributed by atoms with Gasteiger partial charge in [-0.25, -0.2) is 4.98 Å². The third-order valence-electron chi connectivity index (χ3n) is 4.10. The van der Waals surface area contributed by atoms with E-state index in [0.717, 1.165) is 36.6 Å². The minimum Gasteiger partial charge on any atom is -0.494 e. The standard InChI is InChI=1S/C18H22N4O2/c1-2-24-16-7-5-15(6-8-16)21-18(23)14-4-3-11-22(13-14)17-12-19-9-10-20-17/h5-10,12,14H,2-4,11,13H2,1H3,(H,21,23)/t14-/m0/s1. The van der Waals surface area contributed by atoms with Crippen LogP contribution in [-0.4, -0.2) is 35.6 Å². The lowest BCUT2D eigenvalue weighted by atomic mass is 9.97. The summed E-state index contributed by atoms with van der Waals surface area (Å²) >= 11 is 0. The van der Waals surface area contributed by atoms with E-state index in [1.807, 2.05) is 31.2 Å². The van der Waals surface area contributed by atoms with Crippen molar-refractivity contribution >= 4 is 17.4 Å². The molecule has 1 amide bonds. The number of carbonyl (C=O) groups excluding carboxylic acids is 1. The number of ether oxygens (including phenoxy) is 1. The molecule has 3 rings (SSSR count). The first-order valence-electron chi connectivity index (χ1n) is 8.31. The average molecular weight is 326 g/mol. The van der Waals surface area contributed by atoms with Crippen molar-refractivity contribution in [2.75, 3.05) is 29.9 Å². The van der Waals surface area contributed by atoms with Gasteiger partial charge in [-0.05, 0) is 44.0 Å². The van der Waals surface area contributed by atoms with Gasteiger partial charge in [0.05, 0.1) is 18.7 Å². The Morgan fingerprint density at radius 2 is 2.17 bits per heavy atom. The van der Waals surface area contributed by atoms with Crippen molar-refractivity contribution in [2.45, 2.75) is 19.8 Å². The molecule has 6 heteroatoms. The number of anilines is 2. The second kappa shape index (κ2) is 7.77. The van der Waals surface area contributed by atoms with Crippen molar-refractivity contribution in [2.24, 2.45) is 5.92 Å². The van der Waals surface area contributed by atoms with Crippen LogP contribution in [-0.2, 0) is 4.79 Å². The molecule has 1 fully saturated rings. The molecule has 2 heterocycles. The molecular weight excluding hydrogens is 304 g/mol. The van der Waals surface area contributed by atoms with E-state index < -0.39 is 0 Å². The van der Waals surface area contributed by atoms with Crippen molar-refractivity contribution < 1.29 is 9.53 Å². The molecule has 0 unspecified atom stereocenters. The summed E-state index contributed by atoms with van der Waals surface area (Å²) in [5, 5.41) is 3.00. The molecule has 1 aliphatic rings. The first-order valence-corrected chi connectivity index (χ1v) is 8.31. The summed E-state index contributed by atoms with van der Waals surface area (Å²) in [7, 11) is 0. The van der Waals surface area contributed by atoms with Crippen molar-refractivity contribution in [1.29, 1.82) is 0 Å². The van der Waals surface area contributed by atoms with Gasteiger partial charge in [-0.1, -0.05) is 0 Å². The smallest absolute Gasteiger partial charge is 0.229 e. The summed E-state index contributed by atoms with van der Waals surface area (Å²) in [5.74, 6) is 1.64. The molecule has 1 saturated heterocycles. The summed E-state index contributed by atoms with van der Waals surface area (Å²) in [6, 6.07) is 7.47. The molecule has 1 aromatic carbocycles. The molecule has 1 aromatic heterocycles. The Morgan fingerprint density at radius 3 is 2.88 bits per heavy atom. The highest BCUT2D eigenvalue weighted by Crippen LogP contribution is 2.23. The number of rotatable bonds is 5. The van der Waals surface area contributed by atoms with Crippen LogP contribution in [0.4, 0.5) is 11.5 Å². The summed E-state index contributed by atoms with van der Waals surface area (Å²) in [6.45, 7) is 4.15. The molecular formula is C18H22N4O2. The van der Waals surface area contributed by atoms with E-state index in [9.17, 15) is 4.79 Å². The molecule has 6 nitrogen and oxygen atoms in total. The molecule has 0 aliphatic carbocycles. The Morgan fingerprint density at radius 1 is 1.33 bits per heavy atom. The highest BCUT2D eigenvalue weighted by Gasteiger charge is 2.26. The minimum absolute atomic E-state index is 0.0488. The summed E-state index contributed by atoms with van der Waals surface area (Å²) < 4.78 is 5.41. The quantitative estimate of drug-likeness (QED) is 0.915. The van der Waals surface area contributed by atoms with E-state index in [2.05, 4.69) is 20.2 Å². The van der Waals surface area contributed by atoms with Crippen LogP contribution >= 0.6 is 0 Å². The fourth-order valence-corrected chi connectivity index (χ4v) is 2.90. The molecule has 0 radical (unpaired) electrons. The highest BCUT2D eigenvalue weighted by molar-refractivity contribution is 5.93. The van der Waals surface area contributed by atoms with E-state index in [1.54, 1.807) is 18.6 Å². The van der Waals surface area contributed by atoms with Crippen LogP contribution in [0.3, 0.4) is 0 Å². The fraction of sp³-hybridized carbons (Fsp3) is 0.389. The predicted octanol–water partition coefficient (Wildman–Crippen LogP) is 2.73. The fourth-order valence-electron chi connectivity index (χ4n) is 2.90. The second-order valence-electron chi connectivity index (χ2n) is 5.80. The maximum Gasteiger partial charge on any atom is 0.229 e. The molecule has 24 heavy (non-hydrogen) atoms. The van der Waals surface area contributed by atoms with Crippen LogP contribution in [0, 0.1) is 5.92 Å². The van der Waals surface area contributed by atoms with Crippen LogP contribution in [0.5, 0.6) is 5.75 Å². The van der Waals surface area contributed by atoms with Crippen LogP contribution in [0.2, 0.25) is 0 Å². The van der Waals surface area contributed by atoms with Crippen LogP contribution in [0.15, 0.2) is 42.9 Å². The summed E-state index contributed by atoms with van der Waals surface area (Å²) in [5.41, 5.74) is 0.792. The number of aromatic nitrogens is 2. The monoisotopic (exact) mass is 326 g/mol. The zero-order valence-electron chi connectivity index (χ0n) is 13.8. The SMILES string of the molecule is CCOc1ccc(NC(=O)[C@H]2CCCN(c3cnccn3)C2)cc1. The van der Waals surface area contributed by atoms with E-state index in [-0.39, 0.29) is 11.8 Å². The Hall–Kier alpha value is -2.63. The van der Waals surface area contributed by atoms with Crippen molar-refractivity contribution in [3.63, 3.8) is 0 Å². The maximum absolute atomic E-state index is 12.5. The molecule has 126 valence electrons. The lowest BCUT2D eigenvalue weighted by Gasteiger charge is -2.32. The minimum atomic E-state index is -0.0488. The molecule has 1 aliphatic heterocycles. The third kappa shape index (κ3) is 4.01. The van der Waals surface area contributed by atoms with Gasteiger partial charge in [-0.15, -0.1) is 0 Å². The Bertz CT molecular complexity index is 660. The average Bonchev–Trinajstić information content (AvgIpc) is 2.64. The number of nitrogens with one attached hydrogen (secondary N) is 1. The first kappa shape index (κ1) is 16.2. The van der Waals surface area contributed by atoms with Gasteiger partial charge in [0.25, 0.3) is 0 Å². The second-order valence-corrected chi connectivity index (χ2v) is 5.80. The van der Waals surface area contributed by atoms with Crippen molar-refractivity contribution in [3.8, 4) is 5.75 Å². The molecule has 1 N–H and O–H groups in total. The van der Waals surface area contributed by atoms with Gasteiger partial charge in [0, 0.05) is 31.2 Å². The highest BCUT2D eigenvalue weighted by atomic mass is 16.5. The third-order valence-corrected chi connectivity index (χ3v) is 4.10. The van der Waals surface area contributed by atoms with E-state index in [4.69, 9.17) is 4.74 Å². The lowest BCUT2D eigenvalue weighted by Crippen LogP contribution is -2.41. The van der Waals surface area contributed by atoms with Gasteiger partial charge in [0.1, 0.15) is 11.6 Å². The van der Waals surface area contributed by atoms with Gasteiger partial charge in [0.2, 0.25) is 5.91 Å². The van der Waals surface area contributed by atoms with Crippen LogP contribution in [0.1, 0.15) is 19.8 Å². The van der Waals surface area contributed by atoms with Gasteiger partial charge >= 0.3 is 0 Å². The van der Waals surface area contributed by atoms with Gasteiger partial charge in [-0.3, -0.25) is 9.78 Å². The Balaban J connectivity index is 1.60. The molecule has 1 atom stereocenters. The number of piperidine rings is 1. The van der Waals surface area contributed by atoms with Crippen LogP contribution < -0.4 is 15.0 Å². The van der Waals surface area contributed by atoms with E-state index >= 15 is 0 Å². The zero-order valence-corrected chi connectivity index (χ0v) is 13.8. The zero-order chi connectivity index (χ0) is 16.8. The van der Waals surface area contributed by atoms with E-state index in [0.29, 0.717) is 13.2 Å². The van der Waals surface area contributed by atoms with Gasteiger partial charge in [-0.2, -0.15) is 0 Å². The first-order chi connectivity index (χ1) is 11.8. The Kier molecular flexibility index (Phi) is 5.25. The number of benzene rings is 1. The van der Waals surface area contributed by atoms with Crippen molar-refractivity contribution in [1.82, 2.24) is 9.97 Å². The number of amides is 1. The maximum atomic E-state index is 12.5. The summed E-state index contributed by atoms with van der Waals surface area (Å²) in [6.07, 6.45) is 6.94. The normalized spacial score (nSPS) is 17.4. The molecule has 0 saturated carbocycles. The predicted molar refractivity (Wildman–Crippen MR) is 93.2 cm³/mol. The lowest BCUT2D eigenvalue weighted by molar-refractivity contribution is -0.120. The number of hydrogen-bond acceptors (Lipinski definition) is 5. The number of carbonyl (C=O) groups is 1. The van der Waals surface area contributed by atoms with Crippen LogP contribution in [0.25, 0.3) is 0 Å². The van der Waals surface area contributed by atoms with Crippen molar-refractivity contribution in [3.05, 3.63) is 42.9 Å². The number of hydrogen-bond donors (Lipinski definition) is 1. The van der Waals surface area contributed by atoms with E-state index in [1.165, 1.54) is 0 Å². The molecule has 0 bridgehead atoms. The number of nitrogens with zero attached hydrogens (tertiary/aromatic N) is 3. The molecule has 0 spiro atoms. The molecule has 2 aromatic rings. The largest absolute Gasteiger partial charge is 0.494 e. The Labute approximate surface area is 141 Å². The topological polar surface area (TPSA) is 67.3 Å². The van der Waals surface area contributed by atoms with Gasteiger partial charge < -0.3 is 15.0 Å². The van der Waals surface area contributed by atoms with Gasteiger partial charge in [0.15, 0.2) is 0 Å².